The van der Waals surface area contributed by atoms with Gasteiger partial charge in [-0.3, -0.25) is 0 Å². The molecule has 0 unspecified atom stereocenters. The molecule has 5 heavy (non-hydrogen) atoms. The third-order valence-electron chi connectivity index (χ3n) is 0. The first kappa shape index (κ1) is 107. The predicted molar refractivity (Wildman–Crippen MR) is 16.6 cm³/mol. The van der Waals surface area contributed by atoms with Gasteiger partial charge in [-0.25, -0.2) is 0 Å². The van der Waals surface area contributed by atoms with Crippen LogP contribution in [0.3, 0.4) is 0 Å². The van der Waals surface area contributed by atoms with E-state index in [-0.39, 0.29) is 59.7 Å². The molecule has 6 N–H and O–H groups in total. The number of hydrogen-bond acceptors (Lipinski definition) is 0. The molecule has 3 radical (unpaired) electrons. The van der Waals surface area contributed by atoms with Crippen LogP contribution in [0.1, 0.15) is 0 Å². The monoisotopic (exact) mass is 319 g/mol. The van der Waals surface area contributed by atoms with Gasteiger partial charge in [-0.2, -0.15) is 0 Å². The van der Waals surface area contributed by atoms with Gasteiger partial charge in [-0.05, 0) is 0 Å². The van der Waals surface area contributed by atoms with Gasteiger partial charge in [-0.1, -0.05) is 0 Å². The van der Waals surface area contributed by atoms with E-state index in [1.807, 2.05) is 0 Å². The topological polar surface area (TPSA) is 94.5 Å². The van der Waals surface area contributed by atoms with E-state index in [1.54, 1.807) is 0 Å². The molecule has 0 fully saturated rings. The van der Waals surface area contributed by atoms with Gasteiger partial charge in [0, 0.05) is 43.3 Å². The van der Waals surface area contributed by atoms with Crippen molar-refractivity contribution < 1.29 is 33.5 Å². The van der Waals surface area contributed by atoms with Crippen LogP contribution >= 0.6 is 0 Å². The zero-order valence-corrected chi connectivity index (χ0v) is 6.88. The second-order valence-corrected chi connectivity index (χ2v) is 0. The van der Waals surface area contributed by atoms with Crippen molar-refractivity contribution in [3.8, 4) is 0 Å². The summed E-state index contributed by atoms with van der Waals surface area (Å²) in [6.45, 7) is 0. The maximum atomic E-state index is 0. The summed E-state index contributed by atoms with van der Waals surface area (Å²) >= 11 is 0. The Labute approximate surface area is 59.7 Å². The molecule has 0 aliphatic rings. The Hall–Kier alpha value is 1.28. The molecule has 0 aromatic rings. The van der Waals surface area contributed by atoms with Crippen LogP contribution < -0.4 is 0 Å². The van der Waals surface area contributed by atoms with E-state index in [2.05, 4.69) is 0 Å². The molecular formula is H6BiFeO3. The molecule has 0 aliphatic heterocycles. The fourth-order valence-electron chi connectivity index (χ4n) is 0. The van der Waals surface area contributed by atoms with Crippen molar-refractivity contribution in [2.45, 2.75) is 0 Å². The molecule has 0 saturated carbocycles. The van der Waals surface area contributed by atoms with E-state index in [9.17, 15) is 0 Å². The second-order valence-electron chi connectivity index (χ2n) is 0. The Bertz CT molecular complexity index is 6.85. The van der Waals surface area contributed by atoms with Crippen molar-refractivity contribution in [1.82, 2.24) is 0 Å². The average Bonchev–Trinajstić information content (AvgIpc) is 0. The molecular weight excluding hydrogens is 313 g/mol. The third kappa shape index (κ3) is 34.6. The van der Waals surface area contributed by atoms with Gasteiger partial charge in [0.1, 0.15) is 0 Å². The molecule has 5 heteroatoms. The summed E-state index contributed by atoms with van der Waals surface area (Å²) in [6.07, 6.45) is 0. The molecule has 37 valence electrons. The van der Waals surface area contributed by atoms with Crippen molar-refractivity contribution in [3.63, 3.8) is 0 Å². The molecule has 0 aliphatic carbocycles. The SMILES string of the molecule is O.O.O.[Bi].[Fe]. The largest absolute Gasteiger partial charge is 0.412 e. The molecule has 0 aromatic heterocycles. The molecule has 0 amide bonds. The molecule has 0 spiro atoms. The molecule has 0 aromatic carbocycles. The van der Waals surface area contributed by atoms with E-state index >= 15 is 0 Å². The normalized spacial score (nSPS) is 0. The van der Waals surface area contributed by atoms with E-state index in [1.165, 1.54) is 0 Å². The van der Waals surface area contributed by atoms with Gasteiger partial charge >= 0.3 is 0 Å². The maximum absolute atomic E-state index is 0. The summed E-state index contributed by atoms with van der Waals surface area (Å²) in [7, 11) is 0. The summed E-state index contributed by atoms with van der Waals surface area (Å²) in [4.78, 5) is 0. The van der Waals surface area contributed by atoms with Gasteiger partial charge in [-0.15, -0.1) is 0 Å². The van der Waals surface area contributed by atoms with Gasteiger partial charge in [0.05, 0.1) is 0 Å². The molecule has 0 atom stereocenters. The van der Waals surface area contributed by atoms with Crippen LogP contribution in [0.15, 0.2) is 0 Å². The van der Waals surface area contributed by atoms with E-state index in [0.717, 1.165) is 0 Å². The van der Waals surface area contributed by atoms with Crippen molar-refractivity contribution >= 4 is 26.2 Å². The molecule has 0 saturated heterocycles. The van der Waals surface area contributed by atoms with E-state index in [4.69, 9.17) is 0 Å². The van der Waals surface area contributed by atoms with E-state index in [0.29, 0.717) is 0 Å². The molecule has 3 nitrogen and oxygen atoms in total. The Morgan fingerprint density at radius 3 is 0.600 bits per heavy atom. The predicted octanol–water partition coefficient (Wildman–Crippen LogP) is -2.86. The summed E-state index contributed by atoms with van der Waals surface area (Å²) in [5, 5.41) is 0. The average molecular weight is 319 g/mol. The fourth-order valence-corrected chi connectivity index (χ4v) is 0. The Kier molecular flexibility index (Phi) is 1260. The van der Waals surface area contributed by atoms with E-state index < -0.39 is 0 Å². The number of hydrogen-bond donors (Lipinski definition) is 0. The summed E-state index contributed by atoms with van der Waals surface area (Å²) in [6, 6.07) is 0. The Balaban J connectivity index is 0. The van der Waals surface area contributed by atoms with Crippen LogP contribution in [0, 0.1) is 0 Å². The third-order valence-corrected chi connectivity index (χ3v) is 0. The quantitative estimate of drug-likeness (QED) is 0.430. The summed E-state index contributed by atoms with van der Waals surface area (Å²) < 4.78 is 0. The van der Waals surface area contributed by atoms with Crippen LogP contribution in [0.25, 0.3) is 0 Å². The van der Waals surface area contributed by atoms with Crippen LogP contribution in [-0.4, -0.2) is 42.6 Å². The minimum atomic E-state index is 0. The molecule has 0 bridgehead atoms. The summed E-state index contributed by atoms with van der Waals surface area (Å²) in [5.41, 5.74) is 0. The van der Waals surface area contributed by atoms with Crippen molar-refractivity contribution in [1.29, 1.82) is 0 Å². The van der Waals surface area contributed by atoms with Crippen LogP contribution in [-0.2, 0) is 17.1 Å². The zero-order chi connectivity index (χ0) is 0. The molecule has 0 heterocycles. The van der Waals surface area contributed by atoms with Crippen LogP contribution in [0.4, 0.5) is 0 Å². The fraction of sp³-hybridized carbons (Fsp3) is 0. The van der Waals surface area contributed by atoms with Crippen LogP contribution in [0.5, 0.6) is 0 Å². The minimum absolute atomic E-state index is 0. The van der Waals surface area contributed by atoms with Crippen molar-refractivity contribution in [3.05, 3.63) is 0 Å². The van der Waals surface area contributed by atoms with Gasteiger partial charge < -0.3 is 16.4 Å². The zero-order valence-electron chi connectivity index (χ0n) is 2.30. The second kappa shape index (κ2) is 58.9. The van der Waals surface area contributed by atoms with Gasteiger partial charge in [0.15, 0.2) is 0 Å². The Morgan fingerprint density at radius 2 is 0.600 bits per heavy atom. The maximum Gasteiger partial charge on any atom is 0 e. The molecule has 0 rings (SSSR count). The Morgan fingerprint density at radius 1 is 0.600 bits per heavy atom. The van der Waals surface area contributed by atoms with Gasteiger partial charge in [0.2, 0.25) is 0 Å². The minimum Gasteiger partial charge on any atom is -0.412 e. The summed E-state index contributed by atoms with van der Waals surface area (Å²) in [5.74, 6) is 0. The standard InChI is InChI=1S/Bi.Fe.3H2O/h;;3*1H2. The van der Waals surface area contributed by atoms with Crippen molar-refractivity contribution in [2.75, 3.05) is 0 Å². The van der Waals surface area contributed by atoms with Gasteiger partial charge in [0.25, 0.3) is 0 Å². The first-order chi connectivity index (χ1) is 0. The van der Waals surface area contributed by atoms with Crippen LogP contribution in [0.2, 0.25) is 0 Å². The smallest absolute Gasteiger partial charge is 0 e. The van der Waals surface area contributed by atoms with Crippen molar-refractivity contribution in [2.24, 2.45) is 0 Å². The first-order valence-electron chi connectivity index (χ1n) is 0. The first-order valence-corrected chi connectivity index (χ1v) is 0. The number of rotatable bonds is 0.